The Bertz CT molecular complexity index is 983. The third kappa shape index (κ3) is 4.38. The standard InChI is InChI=1S/C21H16N2O4/c24-19(22-15-6-2-1-3-7-15)14-10-12-16(13-11-14)23-20(25)17-8-4-5-9-18(17)21(26)27/h1-13H,(H,22,24)(H,23,25)(H,26,27). The lowest BCUT2D eigenvalue weighted by Crippen LogP contribution is -2.16. The number of aromatic carboxylic acids is 1. The van der Waals surface area contributed by atoms with Crippen LogP contribution in [0.5, 0.6) is 0 Å². The van der Waals surface area contributed by atoms with Crippen LogP contribution in [-0.4, -0.2) is 22.9 Å². The van der Waals surface area contributed by atoms with Crippen LogP contribution in [0, 0.1) is 0 Å². The van der Waals surface area contributed by atoms with Crippen LogP contribution in [-0.2, 0) is 0 Å². The minimum absolute atomic E-state index is 0.0656. The maximum atomic E-state index is 12.3. The molecule has 27 heavy (non-hydrogen) atoms. The molecular formula is C21H16N2O4. The van der Waals surface area contributed by atoms with Crippen LogP contribution in [0.3, 0.4) is 0 Å². The second-order valence-electron chi connectivity index (χ2n) is 5.70. The van der Waals surface area contributed by atoms with Crippen molar-refractivity contribution in [2.24, 2.45) is 0 Å². The maximum absolute atomic E-state index is 12.3. The van der Waals surface area contributed by atoms with Gasteiger partial charge < -0.3 is 15.7 Å². The second kappa shape index (κ2) is 7.97. The summed E-state index contributed by atoms with van der Waals surface area (Å²) in [5, 5.41) is 14.6. The van der Waals surface area contributed by atoms with E-state index in [4.69, 9.17) is 0 Å². The molecule has 0 aliphatic rings. The van der Waals surface area contributed by atoms with Gasteiger partial charge in [-0.2, -0.15) is 0 Å². The van der Waals surface area contributed by atoms with E-state index in [2.05, 4.69) is 10.6 Å². The third-order valence-corrected chi connectivity index (χ3v) is 3.84. The summed E-state index contributed by atoms with van der Waals surface area (Å²) in [6, 6.07) is 21.4. The van der Waals surface area contributed by atoms with Gasteiger partial charge in [0.2, 0.25) is 0 Å². The Morgan fingerprint density at radius 2 is 1.11 bits per heavy atom. The fraction of sp³-hybridized carbons (Fsp3) is 0. The van der Waals surface area contributed by atoms with Crippen molar-refractivity contribution in [2.75, 3.05) is 10.6 Å². The first-order chi connectivity index (χ1) is 13.0. The van der Waals surface area contributed by atoms with Crippen molar-refractivity contribution in [1.82, 2.24) is 0 Å². The smallest absolute Gasteiger partial charge is 0.336 e. The van der Waals surface area contributed by atoms with E-state index in [1.54, 1.807) is 48.5 Å². The van der Waals surface area contributed by atoms with Gasteiger partial charge in [0.1, 0.15) is 0 Å². The van der Waals surface area contributed by atoms with Crippen molar-refractivity contribution < 1.29 is 19.5 Å². The summed E-state index contributed by atoms with van der Waals surface area (Å²) in [5.41, 5.74) is 1.56. The molecule has 134 valence electrons. The molecule has 0 saturated carbocycles. The molecule has 0 bridgehead atoms. The Kier molecular flexibility index (Phi) is 5.28. The number of carboxylic acid groups (broad SMARTS) is 1. The summed E-state index contributed by atoms with van der Waals surface area (Å²) >= 11 is 0. The normalized spacial score (nSPS) is 10.1. The van der Waals surface area contributed by atoms with Crippen LogP contribution in [0.25, 0.3) is 0 Å². The van der Waals surface area contributed by atoms with Gasteiger partial charge in [0.15, 0.2) is 0 Å². The van der Waals surface area contributed by atoms with Crippen LogP contribution in [0.15, 0.2) is 78.9 Å². The molecule has 3 N–H and O–H groups in total. The van der Waals surface area contributed by atoms with E-state index in [1.165, 1.54) is 12.1 Å². The number of benzene rings is 3. The molecule has 0 radical (unpaired) electrons. The number of hydrogen-bond acceptors (Lipinski definition) is 3. The highest BCUT2D eigenvalue weighted by Gasteiger charge is 2.16. The fourth-order valence-corrected chi connectivity index (χ4v) is 2.50. The van der Waals surface area contributed by atoms with Gasteiger partial charge in [-0.3, -0.25) is 9.59 Å². The van der Waals surface area contributed by atoms with Crippen molar-refractivity contribution in [3.63, 3.8) is 0 Å². The van der Waals surface area contributed by atoms with Crippen LogP contribution < -0.4 is 10.6 Å². The number of rotatable bonds is 5. The molecule has 0 spiro atoms. The van der Waals surface area contributed by atoms with E-state index >= 15 is 0 Å². The van der Waals surface area contributed by atoms with Crippen molar-refractivity contribution in [1.29, 1.82) is 0 Å². The molecule has 3 rings (SSSR count). The van der Waals surface area contributed by atoms with Gasteiger partial charge >= 0.3 is 5.97 Å². The molecular weight excluding hydrogens is 344 g/mol. The van der Waals surface area contributed by atoms with Gasteiger partial charge in [0, 0.05) is 16.9 Å². The zero-order chi connectivity index (χ0) is 19.2. The molecule has 0 atom stereocenters. The highest BCUT2D eigenvalue weighted by molar-refractivity contribution is 6.11. The number of amides is 2. The number of para-hydroxylation sites is 1. The Balaban J connectivity index is 1.70. The summed E-state index contributed by atoms with van der Waals surface area (Å²) < 4.78 is 0. The molecule has 6 heteroatoms. The van der Waals surface area contributed by atoms with Gasteiger partial charge in [0.25, 0.3) is 11.8 Å². The first-order valence-corrected chi connectivity index (χ1v) is 8.15. The Morgan fingerprint density at radius 3 is 1.74 bits per heavy atom. The quantitative estimate of drug-likeness (QED) is 0.643. The Labute approximate surface area is 155 Å². The van der Waals surface area contributed by atoms with E-state index in [9.17, 15) is 19.5 Å². The van der Waals surface area contributed by atoms with Gasteiger partial charge in [-0.25, -0.2) is 4.79 Å². The largest absolute Gasteiger partial charge is 0.478 e. The lowest BCUT2D eigenvalue weighted by atomic mass is 10.1. The average molecular weight is 360 g/mol. The predicted molar refractivity (Wildman–Crippen MR) is 102 cm³/mol. The maximum Gasteiger partial charge on any atom is 0.336 e. The van der Waals surface area contributed by atoms with Gasteiger partial charge in [-0.05, 0) is 48.5 Å². The fourth-order valence-electron chi connectivity index (χ4n) is 2.50. The number of anilines is 2. The summed E-state index contributed by atoms with van der Waals surface area (Å²) in [5.74, 6) is -1.97. The molecule has 0 fully saturated rings. The number of hydrogen-bond donors (Lipinski definition) is 3. The molecule has 0 saturated heterocycles. The summed E-state index contributed by atoms with van der Waals surface area (Å²) in [4.78, 5) is 35.8. The van der Waals surface area contributed by atoms with Crippen LogP contribution in [0.4, 0.5) is 11.4 Å². The summed E-state index contributed by atoms with van der Waals surface area (Å²) in [6.07, 6.45) is 0. The van der Waals surface area contributed by atoms with E-state index < -0.39 is 11.9 Å². The molecule has 0 aliphatic carbocycles. The number of carboxylic acids is 1. The topological polar surface area (TPSA) is 95.5 Å². The van der Waals surface area contributed by atoms with Crippen molar-refractivity contribution in [3.05, 3.63) is 95.6 Å². The first kappa shape index (κ1) is 17.9. The first-order valence-electron chi connectivity index (χ1n) is 8.15. The lowest BCUT2D eigenvalue weighted by Gasteiger charge is -2.09. The van der Waals surface area contributed by atoms with E-state index in [-0.39, 0.29) is 17.0 Å². The molecule has 6 nitrogen and oxygen atoms in total. The molecule has 2 amide bonds. The van der Waals surface area contributed by atoms with Crippen LogP contribution in [0.2, 0.25) is 0 Å². The molecule has 3 aromatic carbocycles. The third-order valence-electron chi connectivity index (χ3n) is 3.84. The molecule has 0 unspecified atom stereocenters. The van der Waals surface area contributed by atoms with Crippen molar-refractivity contribution in [2.45, 2.75) is 0 Å². The van der Waals surface area contributed by atoms with Gasteiger partial charge in [0.05, 0.1) is 11.1 Å². The minimum atomic E-state index is -1.17. The summed E-state index contributed by atoms with van der Waals surface area (Å²) in [6.45, 7) is 0. The lowest BCUT2D eigenvalue weighted by molar-refractivity contribution is 0.0692. The monoisotopic (exact) mass is 360 g/mol. The van der Waals surface area contributed by atoms with E-state index in [0.29, 0.717) is 16.9 Å². The molecule has 0 aromatic heterocycles. The van der Waals surface area contributed by atoms with E-state index in [0.717, 1.165) is 0 Å². The Morgan fingerprint density at radius 1 is 0.593 bits per heavy atom. The van der Waals surface area contributed by atoms with Gasteiger partial charge in [-0.1, -0.05) is 30.3 Å². The van der Waals surface area contributed by atoms with Gasteiger partial charge in [-0.15, -0.1) is 0 Å². The highest BCUT2D eigenvalue weighted by atomic mass is 16.4. The molecule has 0 aliphatic heterocycles. The average Bonchev–Trinajstić information content (AvgIpc) is 2.69. The Hall–Kier alpha value is -3.93. The van der Waals surface area contributed by atoms with Crippen LogP contribution >= 0.6 is 0 Å². The van der Waals surface area contributed by atoms with Crippen LogP contribution in [0.1, 0.15) is 31.1 Å². The predicted octanol–water partition coefficient (Wildman–Crippen LogP) is 3.89. The number of carbonyl (C=O) groups excluding carboxylic acids is 2. The second-order valence-corrected chi connectivity index (χ2v) is 5.70. The molecule has 3 aromatic rings. The van der Waals surface area contributed by atoms with Crippen molar-refractivity contribution >= 4 is 29.2 Å². The molecule has 0 heterocycles. The SMILES string of the molecule is O=C(Nc1ccccc1)c1ccc(NC(=O)c2ccccc2C(=O)O)cc1. The zero-order valence-corrected chi connectivity index (χ0v) is 14.2. The highest BCUT2D eigenvalue weighted by Crippen LogP contribution is 2.15. The number of carbonyl (C=O) groups is 3. The minimum Gasteiger partial charge on any atom is -0.478 e. The number of nitrogens with one attached hydrogen (secondary N) is 2. The summed E-state index contributed by atoms with van der Waals surface area (Å²) in [7, 11) is 0. The van der Waals surface area contributed by atoms with Crippen molar-refractivity contribution in [3.8, 4) is 0 Å². The zero-order valence-electron chi connectivity index (χ0n) is 14.2. The van der Waals surface area contributed by atoms with E-state index in [1.807, 2.05) is 18.2 Å².